The minimum Gasteiger partial charge on any atom is -0.382 e. The maximum absolute atomic E-state index is 12.9. The molecule has 3 aliphatic rings. The molecule has 6 N–H and O–H groups in total. The molecular formula is C34H44N10O5S2. The van der Waals surface area contributed by atoms with Gasteiger partial charge in [-0.1, -0.05) is 36.4 Å². The molecule has 3 aliphatic heterocycles. The highest BCUT2D eigenvalue weighted by Gasteiger charge is 2.41. The molecule has 1 amide bonds. The molecule has 0 radical (unpaired) electrons. The number of likely N-dealkylation sites (N-methyl/N-ethyl adjacent to an activating group) is 2. The molecule has 3 heterocycles. The number of hydrogen-bond donors (Lipinski definition) is 5. The van der Waals surface area contributed by atoms with E-state index in [1.165, 1.54) is 42.5 Å². The van der Waals surface area contributed by atoms with Gasteiger partial charge in [-0.25, -0.2) is 13.4 Å². The van der Waals surface area contributed by atoms with Gasteiger partial charge in [-0.05, 0) is 63.1 Å². The summed E-state index contributed by atoms with van der Waals surface area (Å²) >= 11 is -0.750. The number of sulfonamides is 1. The Balaban J connectivity index is 0.000000258. The fourth-order valence-electron chi connectivity index (χ4n) is 5.98. The molecule has 0 saturated heterocycles. The van der Waals surface area contributed by atoms with Gasteiger partial charge in [0.15, 0.2) is 5.84 Å². The molecule has 0 fully saturated rings. The number of para-hydroxylation sites is 2. The van der Waals surface area contributed by atoms with Crippen molar-refractivity contribution in [1.29, 1.82) is 16.2 Å². The van der Waals surface area contributed by atoms with Crippen molar-refractivity contribution in [3.05, 3.63) is 83.2 Å². The lowest BCUT2D eigenvalue weighted by Gasteiger charge is -2.29. The molecule has 0 spiro atoms. The highest BCUT2D eigenvalue weighted by molar-refractivity contribution is 7.92. The van der Waals surface area contributed by atoms with Gasteiger partial charge in [0, 0.05) is 50.6 Å². The maximum atomic E-state index is 12.9. The second-order valence-electron chi connectivity index (χ2n) is 11.7. The normalized spacial score (nSPS) is 18.9. The van der Waals surface area contributed by atoms with E-state index < -0.39 is 33.5 Å². The first-order chi connectivity index (χ1) is 24.1. The summed E-state index contributed by atoms with van der Waals surface area (Å²) < 4.78 is 42.9. The lowest BCUT2D eigenvalue weighted by Crippen LogP contribution is -2.49. The number of carbonyl (C=O) groups is 1. The number of aliphatic imine (C=N–C) groups is 2. The van der Waals surface area contributed by atoms with Crippen molar-refractivity contribution >= 4 is 67.8 Å². The third-order valence-corrected chi connectivity index (χ3v) is 10.0. The van der Waals surface area contributed by atoms with E-state index in [-0.39, 0.29) is 35.5 Å². The van der Waals surface area contributed by atoms with E-state index in [0.717, 1.165) is 24.4 Å². The van der Waals surface area contributed by atoms with Gasteiger partial charge in [-0.15, -0.1) is 0 Å². The summed E-state index contributed by atoms with van der Waals surface area (Å²) in [7, 11) is -0.288. The Morgan fingerprint density at radius 1 is 1.04 bits per heavy atom. The van der Waals surface area contributed by atoms with Crippen molar-refractivity contribution < 1.29 is 21.6 Å². The first-order valence-corrected chi connectivity index (χ1v) is 18.3. The molecule has 17 heteroatoms. The van der Waals surface area contributed by atoms with Crippen LogP contribution in [-0.2, 0) is 39.2 Å². The number of amidine groups is 3. The molecule has 2 atom stereocenters. The number of rotatable bonds is 9. The number of carbonyl (C=O) groups excluding carboxylic acids is 1. The first-order valence-electron chi connectivity index (χ1n) is 16.0. The SMILES string of the molecule is CCN1c2ccccc2CC1C1=N/C(=C/C(C)=N)C(=N)N1C.CCS(=O)(=O)N1c2ccccc2CC1C(=O)N/C(=C/C(C)=N)C(N)=NC.O=S=O. The van der Waals surface area contributed by atoms with Crippen LogP contribution in [0.3, 0.4) is 0 Å². The summed E-state index contributed by atoms with van der Waals surface area (Å²) in [5.74, 6) is 0.693. The third-order valence-electron chi connectivity index (χ3n) is 8.27. The van der Waals surface area contributed by atoms with E-state index in [4.69, 9.17) is 30.4 Å². The van der Waals surface area contributed by atoms with Gasteiger partial charge in [-0.2, -0.15) is 8.42 Å². The zero-order chi connectivity index (χ0) is 38.0. The van der Waals surface area contributed by atoms with Crippen LogP contribution in [0.1, 0.15) is 38.8 Å². The molecule has 0 bridgehead atoms. The average molecular weight is 737 g/mol. The van der Waals surface area contributed by atoms with Crippen LogP contribution in [0.15, 0.2) is 82.1 Å². The van der Waals surface area contributed by atoms with E-state index in [9.17, 15) is 13.2 Å². The molecule has 272 valence electrons. The van der Waals surface area contributed by atoms with Crippen LogP contribution >= 0.6 is 0 Å². The molecule has 5 rings (SSSR count). The highest BCUT2D eigenvalue weighted by Crippen LogP contribution is 2.35. The van der Waals surface area contributed by atoms with Gasteiger partial charge >= 0.3 is 11.6 Å². The average Bonchev–Trinajstić information content (AvgIpc) is 3.76. The van der Waals surface area contributed by atoms with E-state index in [2.05, 4.69) is 51.4 Å². The number of amides is 1. The summed E-state index contributed by atoms with van der Waals surface area (Å²) in [6.45, 7) is 7.83. The van der Waals surface area contributed by atoms with Crippen LogP contribution in [0.25, 0.3) is 0 Å². The van der Waals surface area contributed by atoms with Crippen LogP contribution in [-0.4, -0.2) is 95.0 Å². The van der Waals surface area contributed by atoms with Crippen LogP contribution in [0.5, 0.6) is 0 Å². The minimum atomic E-state index is -3.64. The quantitative estimate of drug-likeness (QED) is 0.189. The number of nitrogens with one attached hydrogen (secondary N) is 4. The minimum absolute atomic E-state index is 0.0605. The van der Waals surface area contributed by atoms with Crippen molar-refractivity contribution in [2.45, 2.75) is 52.6 Å². The molecule has 0 saturated carbocycles. The maximum Gasteiger partial charge on any atom is 0.335 e. The van der Waals surface area contributed by atoms with Crippen LogP contribution in [0.4, 0.5) is 11.4 Å². The van der Waals surface area contributed by atoms with Crippen molar-refractivity contribution in [2.75, 3.05) is 35.6 Å². The van der Waals surface area contributed by atoms with Crippen molar-refractivity contribution in [3.63, 3.8) is 0 Å². The molecular weight excluding hydrogens is 693 g/mol. The lowest BCUT2D eigenvalue weighted by atomic mass is 10.1. The number of anilines is 2. The largest absolute Gasteiger partial charge is 0.382 e. The topological polar surface area (TPSA) is 229 Å². The summed E-state index contributed by atoms with van der Waals surface area (Å²) in [5, 5.41) is 26.0. The standard InChI is InChI=1S/C17H23N5O3S.C17H21N5.O2S/c1-4-26(24,25)22-14-8-6-5-7-12(14)10-15(22)17(23)21-13(9-11(2)18)16(19)20-3;1-4-22-14-8-6-5-7-12(14)10-15(22)17-20-13(9-11(2)18)16(19)21(17)3;1-3-2/h5-9,15,18H,4,10H2,1-3H3,(H2,19,20)(H,21,23);5-9,15,18-19H,4,10H2,1-3H3;/b13-9+,18-11?;13-9+,18-11?,19-16?;. The number of benzene rings is 2. The Bertz CT molecular complexity index is 1970. The van der Waals surface area contributed by atoms with Gasteiger partial charge in [0.25, 0.3) is 0 Å². The molecule has 15 nitrogen and oxygen atoms in total. The van der Waals surface area contributed by atoms with Crippen molar-refractivity contribution in [2.24, 2.45) is 15.7 Å². The van der Waals surface area contributed by atoms with Crippen molar-refractivity contribution in [3.8, 4) is 0 Å². The lowest BCUT2D eigenvalue weighted by molar-refractivity contribution is -0.121. The predicted molar refractivity (Wildman–Crippen MR) is 203 cm³/mol. The number of nitrogens with two attached hydrogens (primary N) is 1. The molecule has 2 aromatic rings. The second-order valence-corrected chi connectivity index (χ2v) is 13.9. The summed E-state index contributed by atoms with van der Waals surface area (Å²) in [6.07, 6.45) is 4.21. The van der Waals surface area contributed by atoms with Gasteiger partial charge in [-0.3, -0.25) is 19.5 Å². The molecule has 0 aliphatic carbocycles. The molecule has 2 unspecified atom stereocenters. The van der Waals surface area contributed by atoms with E-state index in [0.29, 0.717) is 22.9 Å². The highest BCUT2D eigenvalue weighted by atomic mass is 32.2. The Hall–Kier alpha value is -5.29. The zero-order valence-corrected chi connectivity index (χ0v) is 31.1. The molecule has 2 aromatic carbocycles. The van der Waals surface area contributed by atoms with Gasteiger partial charge in [0.05, 0.1) is 23.2 Å². The van der Waals surface area contributed by atoms with Crippen LogP contribution in [0.2, 0.25) is 0 Å². The van der Waals surface area contributed by atoms with Gasteiger partial charge in [0.2, 0.25) is 15.9 Å². The smallest absolute Gasteiger partial charge is 0.335 e. The number of allylic oxidation sites excluding steroid dienone is 2. The summed E-state index contributed by atoms with van der Waals surface area (Å²) in [5.41, 5.74) is 11.0. The fraction of sp³-hybridized carbons (Fsp3) is 0.353. The second kappa shape index (κ2) is 17.6. The monoisotopic (exact) mass is 736 g/mol. The Labute approximate surface area is 302 Å². The number of fused-ring (bicyclic) bond motifs is 2. The van der Waals surface area contributed by atoms with Gasteiger partial charge < -0.3 is 31.7 Å². The van der Waals surface area contributed by atoms with Crippen LogP contribution < -0.4 is 20.3 Å². The Morgan fingerprint density at radius 2 is 1.61 bits per heavy atom. The zero-order valence-electron chi connectivity index (χ0n) is 29.4. The first kappa shape index (κ1) is 40.1. The molecule has 51 heavy (non-hydrogen) atoms. The van der Waals surface area contributed by atoms with E-state index >= 15 is 0 Å². The Morgan fingerprint density at radius 3 is 2.14 bits per heavy atom. The third kappa shape index (κ3) is 9.29. The summed E-state index contributed by atoms with van der Waals surface area (Å²) in [4.78, 5) is 25.5. The fourth-order valence-corrected chi connectivity index (χ4v) is 7.29. The van der Waals surface area contributed by atoms with E-state index in [1.54, 1.807) is 37.3 Å². The van der Waals surface area contributed by atoms with Crippen molar-refractivity contribution in [1.82, 2.24) is 10.2 Å². The Kier molecular flexibility index (Phi) is 13.8. The summed E-state index contributed by atoms with van der Waals surface area (Å²) in [6, 6.07) is 14.7. The van der Waals surface area contributed by atoms with Crippen LogP contribution in [0, 0.1) is 16.2 Å². The molecule has 0 aromatic heterocycles. The number of hydrogen-bond acceptors (Lipinski definition) is 11. The predicted octanol–water partition coefficient (Wildman–Crippen LogP) is 2.81. The number of nitrogens with zero attached hydrogens (tertiary/aromatic N) is 5. The van der Waals surface area contributed by atoms with E-state index in [1.807, 2.05) is 11.9 Å². The van der Waals surface area contributed by atoms with Gasteiger partial charge in [0.1, 0.15) is 23.4 Å².